The third kappa shape index (κ3) is 18.0. The molecule has 0 aromatic carbocycles. The Morgan fingerprint density at radius 3 is 1.60 bits per heavy atom. The third-order valence-corrected chi connectivity index (χ3v) is 4.79. The first-order valence-electron chi connectivity index (χ1n) is 10.4. The zero-order valence-corrected chi connectivity index (χ0v) is 18.1. The minimum Gasteiger partial charge on any atom is -0.466 e. The highest BCUT2D eigenvalue weighted by Gasteiger charge is 2.15. The van der Waals surface area contributed by atoms with Crippen molar-refractivity contribution in [3.8, 4) is 0 Å². The van der Waals surface area contributed by atoms with Gasteiger partial charge in [-0.15, -0.1) is 0 Å². The Hall–Kier alpha value is -0.610. The molecule has 0 unspecified atom stereocenters. The summed E-state index contributed by atoms with van der Waals surface area (Å²) >= 11 is 0. The van der Waals surface area contributed by atoms with Crippen molar-refractivity contribution in [1.29, 1.82) is 0 Å². The molecule has 0 atom stereocenters. The molecule has 0 aromatic rings. The first-order chi connectivity index (χ1) is 11.7. The molecule has 4 nitrogen and oxygen atoms in total. The van der Waals surface area contributed by atoms with Gasteiger partial charge in [-0.25, -0.2) is 0 Å². The van der Waals surface area contributed by atoms with Gasteiger partial charge in [-0.1, -0.05) is 25.7 Å². The van der Waals surface area contributed by atoms with Crippen LogP contribution in [0.5, 0.6) is 0 Å². The van der Waals surface area contributed by atoms with E-state index >= 15 is 0 Å². The Balaban J connectivity index is 3.46. The number of nitrogens with zero attached hydrogens (tertiary/aromatic N) is 2. The second-order valence-electron chi connectivity index (χ2n) is 9.13. The van der Waals surface area contributed by atoms with Crippen molar-refractivity contribution in [2.45, 2.75) is 71.1 Å². The predicted molar refractivity (Wildman–Crippen MR) is 108 cm³/mol. The predicted octanol–water partition coefficient (Wildman–Crippen LogP) is 4.23. The normalized spacial score (nSPS) is 12.4. The minimum absolute atomic E-state index is 0.0519. The quantitative estimate of drug-likeness (QED) is 0.234. The minimum atomic E-state index is -0.0519. The van der Waals surface area contributed by atoms with Crippen LogP contribution in [-0.4, -0.2) is 76.4 Å². The molecule has 0 aliphatic carbocycles. The van der Waals surface area contributed by atoms with Gasteiger partial charge in [0.05, 0.1) is 67.9 Å². The van der Waals surface area contributed by atoms with Crippen molar-refractivity contribution in [2.75, 3.05) is 61.5 Å². The Labute approximate surface area is 157 Å². The first kappa shape index (κ1) is 24.4. The van der Waals surface area contributed by atoms with Gasteiger partial charge in [0.1, 0.15) is 0 Å². The lowest BCUT2D eigenvalue weighted by molar-refractivity contribution is -0.890. The second-order valence-corrected chi connectivity index (χ2v) is 9.13. The molecule has 0 amide bonds. The maximum Gasteiger partial charge on any atom is 0.305 e. The van der Waals surface area contributed by atoms with Crippen molar-refractivity contribution in [2.24, 2.45) is 0 Å². The summed E-state index contributed by atoms with van der Waals surface area (Å²) in [5.74, 6) is -0.0519. The van der Waals surface area contributed by atoms with Crippen molar-refractivity contribution in [3.05, 3.63) is 0 Å². The van der Waals surface area contributed by atoms with Gasteiger partial charge < -0.3 is 13.7 Å². The zero-order chi connectivity index (χ0) is 19.2. The fourth-order valence-corrected chi connectivity index (χ4v) is 3.18. The van der Waals surface area contributed by atoms with E-state index in [1.165, 1.54) is 64.5 Å². The lowest BCUT2D eigenvalue weighted by atomic mass is 10.1. The molecule has 0 aliphatic heterocycles. The summed E-state index contributed by atoms with van der Waals surface area (Å²) in [6.07, 6.45) is 12.4. The molecule has 0 spiro atoms. The summed E-state index contributed by atoms with van der Waals surface area (Å²) in [6.45, 7) is 5.93. The van der Waals surface area contributed by atoms with Gasteiger partial charge in [-0.3, -0.25) is 4.79 Å². The van der Waals surface area contributed by atoms with Crippen LogP contribution in [0.3, 0.4) is 0 Å². The zero-order valence-electron chi connectivity index (χ0n) is 18.1. The summed E-state index contributed by atoms with van der Waals surface area (Å²) in [4.78, 5) is 11.4. The number of hydrogen-bond donors (Lipinski definition) is 0. The second kappa shape index (κ2) is 13.6. The number of carbonyl (C=O) groups is 1. The molecule has 0 aliphatic rings. The van der Waals surface area contributed by atoms with Crippen LogP contribution in [0, 0.1) is 0 Å². The maximum atomic E-state index is 11.4. The van der Waals surface area contributed by atoms with Gasteiger partial charge in [0.15, 0.2) is 0 Å². The topological polar surface area (TPSA) is 26.3 Å². The summed E-state index contributed by atoms with van der Waals surface area (Å²) in [5.41, 5.74) is 0. The molecular formula is C21H46N2O2+2. The number of carbonyl (C=O) groups excluding carboxylic acids is 1. The monoisotopic (exact) mass is 358 g/mol. The Bertz CT molecular complexity index is 335. The fraction of sp³-hybridized carbons (Fsp3) is 0.952. The first-order valence-corrected chi connectivity index (χ1v) is 10.4. The van der Waals surface area contributed by atoms with Gasteiger partial charge in [-0.2, -0.15) is 0 Å². The van der Waals surface area contributed by atoms with Gasteiger partial charge in [0.2, 0.25) is 0 Å². The van der Waals surface area contributed by atoms with Gasteiger partial charge >= 0.3 is 5.97 Å². The number of esters is 1. The van der Waals surface area contributed by atoms with Crippen molar-refractivity contribution in [3.63, 3.8) is 0 Å². The molecule has 0 heterocycles. The molecule has 0 fully saturated rings. The van der Waals surface area contributed by atoms with Crippen LogP contribution in [0.2, 0.25) is 0 Å². The molecule has 150 valence electrons. The van der Waals surface area contributed by atoms with Crippen LogP contribution in [-0.2, 0) is 9.53 Å². The molecule has 4 heteroatoms. The molecular weight excluding hydrogens is 312 g/mol. The molecule has 25 heavy (non-hydrogen) atoms. The van der Waals surface area contributed by atoms with Crippen LogP contribution in [0.25, 0.3) is 0 Å². The Morgan fingerprint density at radius 2 is 1.12 bits per heavy atom. The number of rotatable bonds is 16. The fourth-order valence-electron chi connectivity index (χ4n) is 3.18. The van der Waals surface area contributed by atoms with Crippen molar-refractivity contribution >= 4 is 5.97 Å². The molecule has 0 saturated carbocycles. The lowest BCUT2D eigenvalue weighted by Gasteiger charge is -2.29. The molecule has 0 aromatic heterocycles. The van der Waals surface area contributed by atoms with Crippen molar-refractivity contribution in [1.82, 2.24) is 0 Å². The van der Waals surface area contributed by atoms with E-state index in [4.69, 9.17) is 4.74 Å². The van der Waals surface area contributed by atoms with Crippen LogP contribution in [0.1, 0.15) is 71.1 Å². The highest BCUT2D eigenvalue weighted by Crippen LogP contribution is 2.11. The van der Waals surface area contributed by atoms with Crippen LogP contribution >= 0.6 is 0 Å². The molecule has 0 rings (SSSR count). The van der Waals surface area contributed by atoms with E-state index in [1.807, 2.05) is 6.92 Å². The third-order valence-electron chi connectivity index (χ3n) is 4.79. The van der Waals surface area contributed by atoms with Crippen molar-refractivity contribution < 1.29 is 18.5 Å². The van der Waals surface area contributed by atoms with E-state index in [9.17, 15) is 4.79 Å². The summed E-state index contributed by atoms with van der Waals surface area (Å²) in [6, 6.07) is 0. The van der Waals surface area contributed by atoms with Gasteiger partial charge in [0.25, 0.3) is 0 Å². The average Bonchev–Trinajstić information content (AvgIpc) is 2.48. The average molecular weight is 359 g/mol. The van der Waals surface area contributed by atoms with Crippen LogP contribution < -0.4 is 0 Å². The SMILES string of the molecule is CCOC(=O)CCC[N+](C)(C)CCCCCCCCCC[N+](C)(C)C. The molecule has 0 bridgehead atoms. The molecule has 0 saturated heterocycles. The number of ether oxygens (including phenoxy) is 1. The van der Waals surface area contributed by atoms with E-state index in [-0.39, 0.29) is 5.97 Å². The van der Waals surface area contributed by atoms with Gasteiger partial charge in [0, 0.05) is 6.42 Å². The summed E-state index contributed by atoms with van der Waals surface area (Å²) in [5, 5.41) is 0. The van der Waals surface area contributed by atoms with Crippen LogP contribution in [0.15, 0.2) is 0 Å². The lowest BCUT2D eigenvalue weighted by Crippen LogP contribution is -2.41. The maximum absolute atomic E-state index is 11.4. The highest BCUT2D eigenvalue weighted by atomic mass is 16.5. The van der Waals surface area contributed by atoms with Crippen LogP contribution in [0.4, 0.5) is 0 Å². The smallest absolute Gasteiger partial charge is 0.305 e. The number of hydrogen-bond acceptors (Lipinski definition) is 2. The largest absolute Gasteiger partial charge is 0.466 e. The Kier molecular flexibility index (Phi) is 13.2. The number of unbranched alkanes of at least 4 members (excludes halogenated alkanes) is 7. The molecule has 0 N–H and O–H groups in total. The van der Waals surface area contributed by atoms with Gasteiger partial charge in [-0.05, 0) is 32.6 Å². The van der Waals surface area contributed by atoms with E-state index in [0.717, 1.165) is 21.9 Å². The Morgan fingerprint density at radius 1 is 0.680 bits per heavy atom. The van der Waals surface area contributed by atoms with E-state index in [0.29, 0.717) is 13.0 Å². The van der Waals surface area contributed by atoms with E-state index in [1.54, 1.807) is 0 Å². The number of quaternary nitrogens is 2. The van der Waals surface area contributed by atoms with E-state index in [2.05, 4.69) is 35.2 Å². The summed E-state index contributed by atoms with van der Waals surface area (Å²) < 4.78 is 7.10. The highest BCUT2D eigenvalue weighted by molar-refractivity contribution is 5.69. The molecule has 0 radical (unpaired) electrons. The van der Waals surface area contributed by atoms with E-state index < -0.39 is 0 Å². The standard InChI is InChI=1S/C21H46N2O2/c1-7-25-21(24)17-16-20-23(5,6)19-15-13-11-9-8-10-12-14-18-22(2,3)4/h7-20H2,1-6H3/q+2. The summed E-state index contributed by atoms with van der Waals surface area (Å²) in [7, 11) is 11.4.